The van der Waals surface area contributed by atoms with Crippen molar-refractivity contribution in [2.24, 2.45) is 5.92 Å². The topological polar surface area (TPSA) is 26.3 Å². The van der Waals surface area contributed by atoms with Gasteiger partial charge in [0.15, 0.2) is 0 Å². The Balaban J connectivity index is 2.48. The van der Waals surface area contributed by atoms with Crippen LogP contribution in [0.2, 0.25) is 0 Å². The number of ether oxygens (including phenoxy) is 1. The van der Waals surface area contributed by atoms with Crippen molar-refractivity contribution in [3.05, 3.63) is 48.6 Å². The third-order valence-electron chi connectivity index (χ3n) is 2.25. The van der Waals surface area contributed by atoms with Crippen molar-refractivity contribution in [3.8, 4) is 0 Å². The molecule has 2 unspecified atom stereocenters. The second kappa shape index (κ2) is 6.14. The van der Waals surface area contributed by atoms with Crippen LogP contribution in [-0.2, 0) is 16.1 Å². The van der Waals surface area contributed by atoms with Crippen molar-refractivity contribution in [2.45, 2.75) is 19.6 Å². The molecule has 0 N–H and O–H groups in total. The van der Waals surface area contributed by atoms with Crippen LogP contribution in [0.1, 0.15) is 12.5 Å². The molecule has 2 atom stereocenters. The predicted molar refractivity (Wildman–Crippen MR) is 60.4 cm³/mol. The molecule has 1 rings (SSSR count). The van der Waals surface area contributed by atoms with Crippen LogP contribution in [0.3, 0.4) is 0 Å². The maximum atomic E-state index is 10.6. The average molecular weight is 204 g/mol. The zero-order valence-corrected chi connectivity index (χ0v) is 8.93. The minimum atomic E-state index is -0.206. The van der Waals surface area contributed by atoms with Gasteiger partial charge in [0.1, 0.15) is 6.29 Å². The first kappa shape index (κ1) is 11.7. The minimum Gasteiger partial charge on any atom is -0.369 e. The molecule has 0 saturated heterocycles. The summed E-state index contributed by atoms with van der Waals surface area (Å²) in [7, 11) is 0. The first-order valence-corrected chi connectivity index (χ1v) is 5.01. The number of rotatable bonds is 6. The molecule has 2 heteroatoms. The zero-order valence-electron chi connectivity index (χ0n) is 8.93. The summed E-state index contributed by atoms with van der Waals surface area (Å²) in [6, 6.07) is 9.87. The molecule has 0 spiro atoms. The lowest BCUT2D eigenvalue weighted by Crippen LogP contribution is -2.20. The van der Waals surface area contributed by atoms with E-state index in [2.05, 4.69) is 6.58 Å². The van der Waals surface area contributed by atoms with Gasteiger partial charge in [0.25, 0.3) is 0 Å². The van der Waals surface area contributed by atoms with Crippen molar-refractivity contribution in [2.75, 3.05) is 0 Å². The summed E-state index contributed by atoms with van der Waals surface area (Å²) in [4.78, 5) is 10.6. The number of hydrogen-bond donors (Lipinski definition) is 0. The first-order chi connectivity index (χ1) is 7.27. The minimum absolute atomic E-state index is 0.147. The Kier molecular flexibility index (Phi) is 4.78. The van der Waals surface area contributed by atoms with Gasteiger partial charge in [-0.15, -0.1) is 6.58 Å². The molecular formula is C13H16O2. The molecule has 0 aliphatic heterocycles. The van der Waals surface area contributed by atoms with Gasteiger partial charge in [0.2, 0.25) is 0 Å². The van der Waals surface area contributed by atoms with Gasteiger partial charge in [0.05, 0.1) is 12.7 Å². The van der Waals surface area contributed by atoms with Crippen LogP contribution >= 0.6 is 0 Å². The lowest BCUT2D eigenvalue weighted by molar-refractivity contribution is -0.114. The number of carbonyl (C=O) groups is 1. The maximum absolute atomic E-state index is 10.6. The summed E-state index contributed by atoms with van der Waals surface area (Å²) in [5, 5.41) is 0. The van der Waals surface area contributed by atoms with Crippen LogP contribution in [0, 0.1) is 5.92 Å². The van der Waals surface area contributed by atoms with Crippen molar-refractivity contribution in [1.82, 2.24) is 0 Å². The lowest BCUT2D eigenvalue weighted by atomic mass is 10.1. The van der Waals surface area contributed by atoms with Gasteiger partial charge in [-0.25, -0.2) is 0 Å². The fourth-order valence-electron chi connectivity index (χ4n) is 1.28. The van der Waals surface area contributed by atoms with Gasteiger partial charge in [-0.05, 0) is 5.56 Å². The molecule has 15 heavy (non-hydrogen) atoms. The normalized spacial score (nSPS) is 14.2. The molecule has 0 fully saturated rings. The largest absolute Gasteiger partial charge is 0.369 e. The van der Waals surface area contributed by atoms with Gasteiger partial charge >= 0.3 is 0 Å². The monoisotopic (exact) mass is 204 g/mol. The standard InChI is InChI=1S/C13H16O2/c1-3-13(11(2)9-14)15-10-12-7-5-4-6-8-12/h3-9,11,13H,1,10H2,2H3. The molecule has 0 aliphatic rings. The first-order valence-electron chi connectivity index (χ1n) is 5.01. The Morgan fingerprint density at radius 1 is 1.40 bits per heavy atom. The molecule has 0 radical (unpaired) electrons. The summed E-state index contributed by atoms with van der Waals surface area (Å²) in [6.45, 7) is 5.99. The number of benzene rings is 1. The Morgan fingerprint density at radius 3 is 2.60 bits per heavy atom. The van der Waals surface area contributed by atoms with Crippen molar-refractivity contribution >= 4 is 6.29 Å². The molecule has 0 amide bonds. The summed E-state index contributed by atoms with van der Waals surface area (Å²) in [5.74, 6) is -0.147. The van der Waals surface area contributed by atoms with E-state index in [9.17, 15) is 4.79 Å². The summed E-state index contributed by atoms with van der Waals surface area (Å²) in [6.07, 6.45) is 2.35. The number of carbonyl (C=O) groups excluding carboxylic acids is 1. The highest BCUT2D eigenvalue weighted by atomic mass is 16.5. The highest BCUT2D eigenvalue weighted by Crippen LogP contribution is 2.10. The summed E-state index contributed by atoms with van der Waals surface area (Å²) >= 11 is 0. The number of hydrogen-bond acceptors (Lipinski definition) is 2. The molecule has 1 aromatic carbocycles. The van der Waals surface area contributed by atoms with Crippen LogP contribution in [0.5, 0.6) is 0 Å². The van der Waals surface area contributed by atoms with Crippen LogP contribution in [0.4, 0.5) is 0 Å². The highest BCUT2D eigenvalue weighted by molar-refractivity contribution is 5.54. The molecular weight excluding hydrogens is 188 g/mol. The zero-order chi connectivity index (χ0) is 11.1. The molecule has 0 aliphatic carbocycles. The molecule has 80 valence electrons. The van der Waals surface area contributed by atoms with Crippen LogP contribution in [0.25, 0.3) is 0 Å². The van der Waals surface area contributed by atoms with Crippen molar-refractivity contribution in [1.29, 1.82) is 0 Å². The Labute approximate surface area is 90.6 Å². The van der Waals surface area contributed by atoms with E-state index < -0.39 is 0 Å². The third-order valence-corrected chi connectivity index (χ3v) is 2.25. The molecule has 0 heterocycles. The average Bonchev–Trinajstić information content (AvgIpc) is 2.31. The molecule has 0 aromatic heterocycles. The fraction of sp³-hybridized carbons (Fsp3) is 0.308. The van der Waals surface area contributed by atoms with E-state index in [1.807, 2.05) is 37.3 Å². The molecule has 0 saturated carbocycles. The smallest absolute Gasteiger partial charge is 0.125 e. The SMILES string of the molecule is C=CC(OCc1ccccc1)C(C)C=O. The van der Waals surface area contributed by atoms with E-state index in [0.29, 0.717) is 6.61 Å². The van der Waals surface area contributed by atoms with Gasteiger partial charge in [0, 0.05) is 5.92 Å². The highest BCUT2D eigenvalue weighted by Gasteiger charge is 2.13. The fourth-order valence-corrected chi connectivity index (χ4v) is 1.28. The van der Waals surface area contributed by atoms with E-state index in [1.54, 1.807) is 6.08 Å². The van der Waals surface area contributed by atoms with Gasteiger partial charge < -0.3 is 9.53 Å². The van der Waals surface area contributed by atoms with Gasteiger partial charge in [-0.1, -0.05) is 43.3 Å². The molecule has 0 bridgehead atoms. The second-order valence-corrected chi connectivity index (χ2v) is 3.49. The lowest BCUT2D eigenvalue weighted by Gasteiger charge is -2.16. The second-order valence-electron chi connectivity index (χ2n) is 3.49. The van der Waals surface area contributed by atoms with E-state index >= 15 is 0 Å². The van der Waals surface area contributed by atoms with Crippen LogP contribution in [-0.4, -0.2) is 12.4 Å². The molecule has 1 aromatic rings. The Morgan fingerprint density at radius 2 is 2.07 bits per heavy atom. The molecule has 2 nitrogen and oxygen atoms in total. The van der Waals surface area contributed by atoms with Crippen molar-refractivity contribution < 1.29 is 9.53 Å². The van der Waals surface area contributed by atoms with Crippen LogP contribution < -0.4 is 0 Å². The summed E-state index contributed by atoms with van der Waals surface area (Å²) < 4.78 is 5.58. The Bertz CT molecular complexity index is 306. The van der Waals surface area contributed by atoms with E-state index in [0.717, 1.165) is 11.8 Å². The van der Waals surface area contributed by atoms with E-state index in [4.69, 9.17) is 4.74 Å². The summed E-state index contributed by atoms with van der Waals surface area (Å²) in [5.41, 5.74) is 1.10. The maximum Gasteiger partial charge on any atom is 0.125 e. The van der Waals surface area contributed by atoms with E-state index in [1.165, 1.54) is 0 Å². The van der Waals surface area contributed by atoms with Crippen molar-refractivity contribution in [3.63, 3.8) is 0 Å². The van der Waals surface area contributed by atoms with Gasteiger partial charge in [-0.2, -0.15) is 0 Å². The predicted octanol–water partition coefficient (Wildman–Crippen LogP) is 2.59. The van der Waals surface area contributed by atoms with Crippen LogP contribution in [0.15, 0.2) is 43.0 Å². The quantitative estimate of drug-likeness (QED) is 0.526. The Hall–Kier alpha value is -1.41. The third kappa shape index (κ3) is 3.68. The number of aldehydes is 1. The van der Waals surface area contributed by atoms with E-state index in [-0.39, 0.29) is 12.0 Å². The van der Waals surface area contributed by atoms with Gasteiger partial charge in [-0.3, -0.25) is 0 Å².